The first kappa shape index (κ1) is 21.5. The molecule has 1 amide bonds. The molecule has 0 aliphatic rings. The fourth-order valence-corrected chi connectivity index (χ4v) is 3.73. The Hall–Kier alpha value is -3.20. The van der Waals surface area contributed by atoms with Crippen LogP contribution in [0, 0.1) is 6.92 Å². The minimum Gasteiger partial charge on any atom is -0.493 e. The van der Waals surface area contributed by atoms with E-state index in [1.165, 1.54) is 23.5 Å². The number of aryl methyl sites for hydroxylation is 1. The summed E-state index contributed by atoms with van der Waals surface area (Å²) in [5.74, 6) is 0.994. The number of benzene rings is 2. The highest BCUT2D eigenvalue weighted by Crippen LogP contribution is 2.35. The van der Waals surface area contributed by atoms with Gasteiger partial charge in [0.15, 0.2) is 11.5 Å². The second-order valence-corrected chi connectivity index (χ2v) is 7.21. The van der Waals surface area contributed by atoms with Crippen LogP contribution in [-0.2, 0) is 6.54 Å². The molecule has 1 aromatic heterocycles. The molecule has 1 N–H and O–H groups in total. The van der Waals surface area contributed by atoms with Crippen molar-refractivity contribution in [2.75, 3.05) is 14.2 Å². The quantitative estimate of drug-likeness (QED) is 0.558. The maximum atomic E-state index is 12.6. The summed E-state index contributed by atoms with van der Waals surface area (Å²) in [4.78, 5) is 17.6. The monoisotopic (exact) mass is 434 g/mol. The van der Waals surface area contributed by atoms with Gasteiger partial charge in [-0.05, 0) is 42.8 Å². The molecule has 0 atom stereocenters. The van der Waals surface area contributed by atoms with E-state index in [1.54, 1.807) is 39.3 Å². The lowest BCUT2D eigenvalue weighted by Crippen LogP contribution is -2.22. The Bertz CT molecular complexity index is 1020. The van der Waals surface area contributed by atoms with Gasteiger partial charge in [0.25, 0.3) is 5.91 Å². The third kappa shape index (κ3) is 5.04. The van der Waals surface area contributed by atoms with E-state index in [2.05, 4.69) is 15.0 Å². The van der Waals surface area contributed by atoms with Crippen LogP contribution < -0.4 is 19.5 Å². The van der Waals surface area contributed by atoms with E-state index in [9.17, 15) is 13.6 Å². The fraction of sp³-hybridized carbons (Fsp3) is 0.238. The van der Waals surface area contributed by atoms with Gasteiger partial charge >= 0.3 is 6.61 Å². The second-order valence-electron chi connectivity index (χ2n) is 6.21. The fourth-order valence-electron chi connectivity index (χ4n) is 2.75. The van der Waals surface area contributed by atoms with Crippen LogP contribution in [0.4, 0.5) is 8.78 Å². The van der Waals surface area contributed by atoms with Crippen molar-refractivity contribution in [2.45, 2.75) is 20.1 Å². The zero-order valence-electron chi connectivity index (χ0n) is 16.6. The molecule has 0 spiro atoms. The molecular weight excluding hydrogens is 414 g/mol. The van der Waals surface area contributed by atoms with Crippen molar-refractivity contribution in [3.8, 4) is 27.8 Å². The lowest BCUT2D eigenvalue weighted by atomic mass is 10.2. The van der Waals surface area contributed by atoms with Crippen molar-refractivity contribution in [3.05, 3.63) is 58.6 Å². The largest absolute Gasteiger partial charge is 0.493 e. The van der Waals surface area contributed by atoms with E-state index in [0.29, 0.717) is 27.1 Å². The molecular formula is C21H20F2N2O4S. The van der Waals surface area contributed by atoms with Crippen LogP contribution in [-0.4, -0.2) is 31.7 Å². The number of hydrogen-bond acceptors (Lipinski definition) is 6. The number of carbonyl (C=O) groups is 1. The van der Waals surface area contributed by atoms with Crippen LogP contribution in [0.5, 0.6) is 17.2 Å². The van der Waals surface area contributed by atoms with Crippen LogP contribution in [0.1, 0.15) is 20.9 Å². The van der Waals surface area contributed by atoms with Gasteiger partial charge in [-0.15, -0.1) is 11.3 Å². The number of amides is 1. The molecule has 1 heterocycles. The van der Waals surface area contributed by atoms with Gasteiger partial charge in [-0.1, -0.05) is 12.1 Å². The predicted octanol–water partition coefficient (Wildman–Crippen LogP) is 4.67. The van der Waals surface area contributed by atoms with Crippen LogP contribution in [0.15, 0.2) is 42.5 Å². The summed E-state index contributed by atoms with van der Waals surface area (Å²) in [5.41, 5.74) is 2.18. The Kier molecular flexibility index (Phi) is 6.83. The zero-order chi connectivity index (χ0) is 21.7. The molecule has 0 aliphatic carbocycles. The van der Waals surface area contributed by atoms with Gasteiger partial charge in [-0.2, -0.15) is 8.78 Å². The van der Waals surface area contributed by atoms with Crippen molar-refractivity contribution in [2.24, 2.45) is 0 Å². The highest BCUT2D eigenvalue weighted by molar-refractivity contribution is 7.17. The molecule has 0 bridgehead atoms. The first-order valence-corrected chi connectivity index (χ1v) is 9.74. The summed E-state index contributed by atoms with van der Waals surface area (Å²) in [6, 6.07) is 11.5. The Morgan fingerprint density at radius 3 is 2.43 bits per heavy atom. The Morgan fingerprint density at radius 2 is 1.80 bits per heavy atom. The summed E-state index contributed by atoms with van der Waals surface area (Å²) in [6.45, 7) is -0.854. The molecule has 0 radical (unpaired) electrons. The number of carbonyl (C=O) groups excluding carboxylic acids is 1. The minimum atomic E-state index is -2.87. The topological polar surface area (TPSA) is 69.7 Å². The third-order valence-electron chi connectivity index (χ3n) is 4.23. The Balaban J connectivity index is 1.69. The maximum absolute atomic E-state index is 12.6. The molecule has 0 saturated heterocycles. The summed E-state index contributed by atoms with van der Waals surface area (Å²) in [5, 5.41) is 3.51. The van der Waals surface area contributed by atoms with Crippen molar-refractivity contribution in [1.82, 2.24) is 10.3 Å². The molecule has 0 unspecified atom stereocenters. The first-order valence-electron chi connectivity index (χ1n) is 8.93. The van der Waals surface area contributed by atoms with Crippen molar-refractivity contribution < 1.29 is 27.8 Å². The van der Waals surface area contributed by atoms with Gasteiger partial charge in [-0.25, -0.2) is 4.98 Å². The summed E-state index contributed by atoms with van der Waals surface area (Å²) < 4.78 is 39.3. The standard InChI is InChI=1S/C21H20F2N2O4S/c1-12-18(19(26)24-11-13-4-7-15(8-5-13)29-21(22)23)30-20(25-12)14-6-9-16(27-2)17(10-14)28-3/h4-10,21H,11H2,1-3H3,(H,24,26). The number of nitrogens with one attached hydrogen (secondary N) is 1. The van der Waals surface area contributed by atoms with Crippen LogP contribution >= 0.6 is 11.3 Å². The third-order valence-corrected chi connectivity index (χ3v) is 5.44. The van der Waals surface area contributed by atoms with E-state index in [0.717, 1.165) is 11.1 Å². The number of thiazole rings is 1. The number of methoxy groups -OCH3 is 2. The predicted molar refractivity (Wildman–Crippen MR) is 110 cm³/mol. The molecule has 6 nitrogen and oxygen atoms in total. The summed E-state index contributed by atoms with van der Waals surface area (Å²) in [7, 11) is 3.12. The highest BCUT2D eigenvalue weighted by Gasteiger charge is 2.17. The van der Waals surface area contributed by atoms with E-state index in [-0.39, 0.29) is 18.2 Å². The highest BCUT2D eigenvalue weighted by atomic mass is 32.1. The van der Waals surface area contributed by atoms with Gasteiger partial charge in [-0.3, -0.25) is 4.79 Å². The van der Waals surface area contributed by atoms with Gasteiger partial charge < -0.3 is 19.5 Å². The Morgan fingerprint density at radius 1 is 1.10 bits per heavy atom. The van der Waals surface area contributed by atoms with E-state index >= 15 is 0 Å². The number of hydrogen-bond donors (Lipinski definition) is 1. The smallest absolute Gasteiger partial charge is 0.387 e. The van der Waals surface area contributed by atoms with Crippen LogP contribution in [0.25, 0.3) is 10.6 Å². The molecule has 30 heavy (non-hydrogen) atoms. The Labute approximate surface area is 176 Å². The van der Waals surface area contributed by atoms with E-state index in [1.807, 2.05) is 12.1 Å². The second kappa shape index (κ2) is 9.53. The van der Waals surface area contributed by atoms with Gasteiger partial charge in [0.2, 0.25) is 0 Å². The molecule has 2 aromatic carbocycles. The minimum absolute atomic E-state index is 0.0675. The van der Waals surface area contributed by atoms with Crippen LogP contribution in [0.3, 0.4) is 0 Å². The van der Waals surface area contributed by atoms with Gasteiger partial charge in [0.1, 0.15) is 15.6 Å². The molecule has 0 fully saturated rings. The summed E-state index contributed by atoms with van der Waals surface area (Å²) >= 11 is 1.27. The van der Waals surface area contributed by atoms with E-state index < -0.39 is 6.61 Å². The average Bonchev–Trinajstić information content (AvgIpc) is 3.13. The molecule has 0 aliphatic heterocycles. The number of halogens is 2. The molecule has 3 rings (SSSR count). The number of rotatable bonds is 8. The van der Waals surface area contributed by atoms with E-state index in [4.69, 9.17) is 9.47 Å². The number of aromatic nitrogens is 1. The molecule has 9 heteroatoms. The SMILES string of the molecule is COc1ccc(-c2nc(C)c(C(=O)NCc3ccc(OC(F)F)cc3)s2)cc1OC. The first-order chi connectivity index (χ1) is 14.4. The summed E-state index contributed by atoms with van der Waals surface area (Å²) in [6.07, 6.45) is 0. The van der Waals surface area contributed by atoms with Gasteiger partial charge in [0.05, 0.1) is 19.9 Å². The maximum Gasteiger partial charge on any atom is 0.387 e. The van der Waals surface area contributed by atoms with Crippen molar-refractivity contribution in [3.63, 3.8) is 0 Å². The molecule has 158 valence electrons. The van der Waals surface area contributed by atoms with Crippen LogP contribution in [0.2, 0.25) is 0 Å². The zero-order valence-corrected chi connectivity index (χ0v) is 17.4. The van der Waals surface area contributed by atoms with Gasteiger partial charge in [0, 0.05) is 12.1 Å². The molecule has 0 saturated carbocycles. The average molecular weight is 434 g/mol. The van der Waals surface area contributed by atoms with Crippen molar-refractivity contribution in [1.29, 1.82) is 0 Å². The number of nitrogens with zero attached hydrogens (tertiary/aromatic N) is 1. The normalized spacial score (nSPS) is 10.7. The number of alkyl halides is 2. The van der Waals surface area contributed by atoms with Crippen molar-refractivity contribution >= 4 is 17.2 Å². The molecule has 3 aromatic rings. The lowest BCUT2D eigenvalue weighted by Gasteiger charge is -2.08. The number of ether oxygens (including phenoxy) is 3. The lowest BCUT2D eigenvalue weighted by molar-refractivity contribution is -0.0498.